The van der Waals surface area contributed by atoms with E-state index in [1.165, 1.54) is 161 Å². The monoisotopic (exact) mass is 1430 g/mol. The van der Waals surface area contributed by atoms with E-state index in [9.17, 15) is 43.5 Å². The average molecular weight is 1440 g/mol. The van der Waals surface area contributed by atoms with E-state index in [4.69, 9.17) is 32.3 Å². The van der Waals surface area contributed by atoms with Gasteiger partial charge in [-0.25, -0.2) is 9.13 Å². The molecule has 0 bridgehead atoms. The van der Waals surface area contributed by atoms with Crippen LogP contribution in [0.2, 0.25) is 0 Å². The summed E-state index contributed by atoms with van der Waals surface area (Å²) in [5.74, 6) is -1.57. The highest BCUT2D eigenvalue weighted by atomic mass is 31.2. The highest BCUT2D eigenvalue weighted by molar-refractivity contribution is 7.47. The van der Waals surface area contributed by atoms with Gasteiger partial charge in [0, 0.05) is 19.3 Å². The number of unbranched alkanes of at least 4 members (excludes halogenated alkanes) is 36. The summed E-state index contributed by atoms with van der Waals surface area (Å²) < 4.78 is 61.1. The van der Waals surface area contributed by atoms with Crippen molar-refractivity contribution in [1.29, 1.82) is 0 Å². The molecule has 5 atom stereocenters. The second kappa shape index (κ2) is 74.2. The number of ether oxygens (including phenoxy) is 3. The van der Waals surface area contributed by atoms with Crippen LogP contribution in [-0.4, -0.2) is 95.9 Å². The molecule has 0 aliphatic rings. The van der Waals surface area contributed by atoms with E-state index in [1.54, 1.807) is 0 Å². The van der Waals surface area contributed by atoms with Gasteiger partial charge in [-0.15, -0.1) is 0 Å². The molecule has 18 heteroatoms. The molecule has 0 saturated heterocycles. The van der Waals surface area contributed by atoms with Crippen molar-refractivity contribution in [2.75, 3.05) is 39.6 Å². The molecule has 0 fully saturated rings. The third-order valence-corrected chi connectivity index (χ3v) is 18.7. The molecule has 99 heavy (non-hydrogen) atoms. The Labute approximate surface area is 603 Å². The summed E-state index contributed by atoms with van der Waals surface area (Å²) in [6.07, 6.45) is 84.6. The van der Waals surface area contributed by atoms with Crippen LogP contribution in [-0.2, 0) is 55.8 Å². The van der Waals surface area contributed by atoms with Gasteiger partial charge in [-0.1, -0.05) is 311 Å². The lowest BCUT2D eigenvalue weighted by atomic mass is 10.0. The number of hydrogen-bond donors (Lipinski definition) is 4. The number of aliphatic hydroxyl groups excluding tert-OH is 2. The number of esters is 3. The number of hydrogen-bond acceptors (Lipinski definition) is 14. The Morgan fingerprint density at radius 3 is 0.818 bits per heavy atom. The van der Waals surface area contributed by atoms with E-state index in [2.05, 4.69) is 118 Å². The van der Waals surface area contributed by atoms with E-state index in [0.29, 0.717) is 19.3 Å². The minimum absolute atomic E-state index is 0.106. The van der Waals surface area contributed by atoms with Crippen molar-refractivity contribution in [2.24, 2.45) is 0 Å². The molecule has 5 unspecified atom stereocenters. The molecule has 0 radical (unpaired) electrons. The van der Waals surface area contributed by atoms with Crippen LogP contribution >= 0.6 is 15.6 Å². The van der Waals surface area contributed by atoms with E-state index in [0.717, 1.165) is 122 Å². The molecule has 0 spiro atoms. The molecule has 0 aromatic carbocycles. The first-order valence-electron chi connectivity index (χ1n) is 39.5. The fourth-order valence-electron chi connectivity index (χ4n) is 10.7. The van der Waals surface area contributed by atoms with E-state index in [-0.39, 0.29) is 19.3 Å². The maximum Gasteiger partial charge on any atom is 0.472 e. The number of allylic oxidation sites excluding steroid dienone is 16. The Kier molecular flexibility index (Phi) is 71.6. The van der Waals surface area contributed by atoms with E-state index < -0.39 is 91.5 Å². The lowest BCUT2D eigenvalue weighted by Gasteiger charge is -2.21. The molecule has 0 aromatic rings. The molecule has 0 rings (SSSR count). The first-order chi connectivity index (χ1) is 48.2. The van der Waals surface area contributed by atoms with Gasteiger partial charge < -0.3 is 34.2 Å². The van der Waals surface area contributed by atoms with Gasteiger partial charge >= 0.3 is 33.6 Å². The zero-order chi connectivity index (χ0) is 72.3. The predicted molar refractivity (Wildman–Crippen MR) is 408 cm³/mol. The summed E-state index contributed by atoms with van der Waals surface area (Å²) in [5, 5.41) is 20.6. The van der Waals surface area contributed by atoms with Crippen LogP contribution in [0.25, 0.3) is 0 Å². The minimum Gasteiger partial charge on any atom is -0.463 e. The third-order valence-electron chi connectivity index (χ3n) is 16.8. The van der Waals surface area contributed by atoms with Crippen molar-refractivity contribution in [2.45, 2.75) is 360 Å². The van der Waals surface area contributed by atoms with Crippen LogP contribution < -0.4 is 0 Å². The normalized spacial score (nSPS) is 14.5. The minimum atomic E-state index is -4.92. The number of aliphatic hydroxyl groups is 2. The molecular weight excluding hydrogens is 1290 g/mol. The number of carbonyl (C=O) groups excluding carboxylic acids is 3. The van der Waals surface area contributed by atoms with Gasteiger partial charge in [0.2, 0.25) is 0 Å². The van der Waals surface area contributed by atoms with Gasteiger partial charge in [-0.3, -0.25) is 32.5 Å². The summed E-state index contributed by atoms with van der Waals surface area (Å²) in [6.45, 7) is 2.64. The number of carbonyl (C=O) groups is 3. The number of phosphoric acid groups is 2. The first kappa shape index (κ1) is 95.5. The summed E-state index contributed by atoms with van der Waals surface area (Å²) in [7, 11) is -9.78. The van der Waals surface area contributed by atoms with Gasteiger partial charge in [0.15, 0.2) is 6.10 Å². The zero-order valence-electron chi connectivity index (χ0n) is 62.6. The average Bonchev–Trinajstić information content (AvgIpc) is 1.26. The summed E-state index contributed by atoms with van der Waals surface area (Å²) >= 11 is 0. The molecule has 0 saturated carbocycles. The van der Waals surface area contributed by atoms with E-state index in [1.807, 2.05) is 0 Å². The third kappa shape index (κ3) is 75.5. The van der Waals surface area contributed by atoms with Crippen LogP contribution in [0, 0.1) is 0 Å². The standard InChI is InChI=1S/C81H144O16P2/c1-4-7-10-13-16-19-22-24-26-28-30-32-34-36-37-39-41-42-44-46-48-50-53-55-58-61-64-67-79(84)91-70-76(82)71-93-98(87,88)94-72-77(83)73-95-99(89,90)96-75-78(97-81(86)69-66-63-60-57-52-21-18-15-12-9-6-3)74-92-80(85)68-65-62-59-56-54-51-49-47-45-43-40-38-35-33-31-29-27-25-23-20-17-14-11-8-5-2/h16-17,19-20,24-27,30-33,36-38,40,76-78,82-83H,4-15,18,21-23,28-29,34-35,39,41-75H2,1-3H3,(H,87,88)(H,89,90)/b19-16-,20-17-,26-24-,27-25-,32-30-,33-31-,37-36-,40-38-. The van der Waals surface area contributed by atoms with Crippen molar-refractivity contribution in [3.05, 3.63) is 97.2 Å². The SMILES string of the molecule is CCCCC/C=C\C/C=C\C/C=C\C/C=C\CCCCCCCCCCCCCC(=O)OCC(O)COP(=O)(O)OCC(O)COP(=O)(O)OCC(COC(=O)CCCCCCCCCCC/C=C\C/C=C\C/C=C\C/C=C\CCCCC)OC(=O)CCCCCCCCCCCCC. The lowest BCUT2D eigenvalue weighted by molar-refractivity contribution is -0.161. The second-order valence-corrected chi connectivity index (χ2v) is 29.4. The van der Waals surface area contributed by atoms with Gasteiger partial charge in [-0.2, -0.15) is 0 Å². The highest BCUT2D eigenvalue weighted by Gasteiger charge is 2.29. The molecule has 0 amide bonds. The van der Waals surface area contributed by atoms with Gasteiger partial charge in [-0.05, 0) is 109 Å². The first-order valence-corrected chi connectivity index (χ1v) is 42.5. The highest BCUT2D eigenvalue weighted by Crippen LogP contribution is 2.45. The molecule has 16 nitrogen and oxygen atoms in total. The lowest BCUT2D eigenvalue weighted by Crippen LogP contribution is -2.30. The summed E-state index contributed by atoms with van der Waals surface area (Å²) in [4.78, 5) is 58.5. The quantitative estimate of drug-likeness (QED) is 0.0146. The smallest absolute Gasteiger partial charge is 0.463 e. The molecule has 0 aliphatic heterocycles. The Morgan fingerprint density at radius 2 is 0.505 bits per heavy atom. The van der Waals surface area contributed by atoms with Crippen LogP contribution in [0.5, 0.6) is 0 Å². The Balaban J connectivity index is 4.47. The van der Waals surface area contributed by atoms with Crippen LogP contribution in [0.3, 0.4) is 0 Å². The Hall–Kier alpha value is -3.53. The van der Waals surface area contributed by atoms with Gasteiger partial charge in [0.05, 0.1) is 26.4 Å². The molecular formula is C81H144O16P2. The van der Waals surface area contributed by atoms with E-state index >= 15 is 0 Å². The zero-order valence-corrected chi connectivity index (χ0v) is 64.4. The van der Waals surface area contributed by atoms with Crippen molar-refractivity contribution in [3.63, 3.8) is 0 Å². The van der Waals surface area contributed by atoms with Crippen molar-refractivity contribution in [3.8, 4) is 0 Å². The molecule has 4 N–H and O–H groups in total. The Morgan fingerprint density at radius 1 is 0.283 bits per heavy atom. The second-order valence-electron chi connectivity index (χ2n) is 26.5. The number of phosphoric ester groups is 2. The molecule has 574 valence electrons. The maximum absolute atomic E-state index is 12.9. The molecule has 0 aromatic heterocycles. The molecule has 0 heterocycles. The Bertz CT molecular complexity index is 2190. The maximum atomic E-state index is 12.9. The number of rotatable bonds is 75. The largest absolute Gasteiger partial charge is 0.472 e. The van der Waals surface area contributed by atoms with Crippen molar-refractivity contribution >= 4 is 33.6 Å². The fourth-order valence-corrected chi connectivity index (χ4v) is 12.3. The van der Waals surface area contributed by atoms with Crippen molar-refractivity contribution in [1.82, 2.24) is 0 Å². The topological polar surface area (TPSA) is 231 Å². The molecule has 0 aliphatic carbocycles. The predicted octanol–water partition coefficient (Wildman–Crippen LogP) is 23.0. The van der Waals surface area contributed by atoms with Crippen LogP contribution in [0.15, 0.2) is 97.2 Å². The van der Waals surface area contributed by atoms with Crippen molar-refractivity contribution < 1.29 is 75.8 Å². The van der Waals surface area contributed by atoms with Gasteiger partial charge in [0.25, 0.3) is 0 Å². The van der Waals surface area contributed by atoms with Crippen LogP contribution in [0.1, 0.15) is 342 Å². The fraction of sp³-hybridized carbons (Fsp3) is 0.765. The summed E-state index contributed by atoms with van der Waals surface area (Å²) in [6, 6.07) is 0. The van der Waals surface area contributed by atoms with Crippen LogP contribution in [0.4, 0.5) is 0 Å². The summed E-state index contributed by atoms with van der Waals surface area (Å²) in [5.41, 5.74) is 0. The van der Waals surface area contributed by atoms with Gasteiger partial charge in [0.1, 0.15) is 25.4 Å².